The minimum absolute atomic E-state index is 0.275. The Hall–Kier alpha value is -2.72. The van der Waals surface area contributed by atoms with E-state index in [1.807, 2.05) is 6.92 Å². The quantitative estimate of drug-likeness (QED) is 0.530. The highest BCUT2D eigenvalue weighted by Gasteiger charge is 2.07. The maximum Gasteiger partial charge on any atom is 0.229 e. The predicted molar refractivity (Wildman–Crippen MR) is 95.6 cm³/mol. The van der Waals surface area contributed by atoms with Gasteiger partial charge in [-0.15, -0.1) is 0 Å². The average molecular weight is 345 g/mol. The Morgan fingerprint density at radius 3 is 2.80 bits per heavy atom. The third kappa shape index (κ3) is 5.69. The maximum atomic E-state index is 13.3. The average Bonchev–Trinajstić information content (AvgIpc) is 2.61. The second-order valence-electron chi connectivity index (χ2n) is 5.33. The number of rotatable bonds is 7. The SMILES string of the molecule is CCCNc1nc(Nc2ccc(F)c(F)c2)ncc1C#CCCCN. The first-order valence-electron chi connectivity index (χ1n) is 8.16. The van der Waals surface area contributed by atoms with Crippen molar-refractivity contribution in [2.24, 2.45) is 5.73 Å². The van der Waals surface area contributed by atoms with Gasteiger partial charge in [0.15, 0.2) is 11.6 Å². The van der Waals surface area contributed by atoms with Gasteiger partial charge in [-0.2, -0.15) is 4.98 Å². The Bertz CT molecular complexity index is 768. The van der Waals surface area contributed by atoms with Crippen LogP contribution in [0.2, 0.25) is 0 Å². The summed E-state index contributed by atoms with van der Waals surface area (Å²) in [5, 5.41) is 6.06. The van der Waals surface area contributed by atoms with E-state index in [9.17, 15) is 8.78 Å². The van der Waals surface area contributed by atoms with Crippen LogP contribution in [0.4, 0.5) is 26.2 Å². The van der Waals surface area contributed by atoms with Crippen molar-refractivity contribution in [3.63, 3.8) is 0 Å². The van der Waals surface area contributed by atoms with Crippen molar-refractivity contribution < 1.29 is 8.78 Å². The Kier molecular flexibility index (Phi) is 7.11. The molecule has 0 bridgehead atoms. The highest BCUT2D eigenvalue weighted by Crippen LogP contribution is 2.19. The molecule has 1 aromatic carbocycles. The third-order valence-corrected chi connectivity index (χ3v) is 3.24. The third-order valence-electron chi connectivity index (χ3n) is 3.24. The number of nitrogens with zero attached hydrogens (tertiary/aromatic N) is 2. The number of aromatic nitrogens is 2. The fourth-order valence-electron chi connectivity index (χ4n) is 1.96. The zero-order valence-corrected chi connectivity index (χ0v) is 14.1. The van der Waals surface area contributed by atoms with Crippen molar-refractivity contribution in [1.29, 1.82) is 0 Å². The van der Waals surface area contributed by atoms with Crippen molar-refractivity contribution in [3.8, 4) is 11.8 Å². The molecule has 7 heteroatoms. The van der Waals surface area contributed by atoms with Crippen LogP contribution in [-0.4, -0.2) is 23.1 Å². The van der Waals surface area contributed by atoms with E-state index in [1.165, 1.54) is 6.07 Å². The van der Waals surface area contributed by atoms with Crippen LogP contribution in [0.15, 0.2) is 24.4 Å². The van der Waals surface area contributed by atoms with E-state index in [0.717, 1.165) is 31.5 Å². The second kappa shape index (κ2) is 9.55. The van der Waals surface area contributed by atoms with Crippen molar-refractivity contribution in [1.82, 2.24) is 9.97 Å². The van der Waals surface area contributed by atoms with Gasteiger partial charge in [-0.1, -0.05) is 18.8 Å². The van der Waals surface area contributed by atoms with Gasteiger partial charge in [-0.3, -0.25) is 0 Å². The highest BCUT2D eigenvalue weighted by molar-refractivity contribution is 5.59. The fraction of sp³-hybridized carbons (Fsp3) is 0.333. The predicted octanol–water partition coefficient (Wildman–Crippen LogP) is 3.41. The molecule has 0 saturated carbocycles. The maximum absolute atomic E-state index is 13.3. The standard InChI is InChI=1S/C18H21F2N5/c1-2-10-22-17-13(6-4-3-5-9-21)12-23-18(25-17)24-14-7-8-15(19)16(20)11-14/h7-8,11-12H,2-3,5,9-10,21H2,1H3,(H2,22,23,24,25). The summed E-state index contributed by atoms with van der Waals surface area (Å²) in [5.74, 6) is 5.11. The molecule has 5 nitrogen and oxygen atoms in total. The minimum Gasteiger partial charge on any atom is -0.369 e. The number of halogens is 2. The molecule has 0 aliphatic carbocycles. The summed E-state index contributed by atoms with van der Waals surface area (Å²) in [6, 6.07) is 3.52. The molecule has 1 aromatic heterocycles. The summed E-state index contributed by atoms with van der Waals surface area (Å²) in [6.45, 7) is 3.38. The molecular formula is C18H21F2N5. The van der Waals surface area contributed by atoms with Crippen LogP contribution in [0.25, 0.3) is 0 Å². The van der Waals surface area contributed by atoms with E-state index in [1.54, 1.807) is 6.20 Å². The Morgan fingerprint density at radius 1 is 1.24 bits per heavy atom. The molecular weight excluding hydrogens is 324 g/mol. The molecule has 0 spiro atoms. The molecule has 4 N–H and O–H groups in total. The van der Waals surface area contributed by atoms with Crippen molar-refractivity contribution in [3.05, 3.63) is 41.6 Å². The van der Waals surface area contributed by atoms with Gasteiger partial charge < -0.3 is 16.4 Å². The monoisotopic (exact) mass is 345 g/mol. The summed E-state index contributed by atoms with van der Waals surface area (Å²) in [7, 11) is 0. The van der Waals surface area contributed by atoms with Gasteiger partial charge in [0.2, 0.25) is 5.95 Å². The van der Waals surface area contributed by atoms with Crippen LogP contribution in [0.1, 0.15) is 31.7 Å². The van der Waals surface area contributed by atoms with Crippen molar-refractivity contribution >= 4 is 17.5 Å². The zero-order chi connectivity index (χ0) is 18.1. The van der Waals surface area contributed by atoms with Crippen LogP contribution in [-0.2, 0) is 0 Å². The molecule has 2 rings (SSSR count). The first-order valence-corrected chi connectivity index (χ1v) is 8.16. The number of anilines is 3. The van der Waals surface area contributed by atoms with Gasteiger partial charge in [0.05, 0.1) is 11.8 Å². The van der Waals surface area contributed by atoms with E-state index in [2.05, 4.69) is 32.4 Å². The van der Waals surface area contributed by atoms with Crippen molar-refractivity contribution in [2.45, 2.75) is 26.2 Å². The highest BCUT2D eigenvalue weighted by atomic mass is 19.2. The molecule has 0 amide bonds. The largest absolute Gasteiger partial charge is 0.369 e. The van der Waals surface area contributed by atoms with Crippen LogP contribution in [0, 0.1) is 23.5 Å². The molecule has 2 aromatic rings. The Morgan fingerprint density at radius 2 is 2.08 bits per heavy atom. The molecule has 1 heterocycles. The van der Waals surface area contributed by atoms with E-state index < -0.39 is 11.6 Å². The lowest BCUT2D eigenvalue weighted by Crippen LogP contribution is -2.07. The van der Waals surface area contributed by atoms with Gasteiger partial charge in [0.1, 0.15) is 5.82 Å². The summed E-state index contributed by atoms with van der Waals surface area (Å²) < 4.78 is 26.3. The van der Waals surface area contributed by atoms with Crippen LogP contribution < -0.4 is 16.4 Å². The molecule has 0 saturated heterocycles. The van der Waals surface area contributed by atoms with Gasteiger partial charge in [-0.05, 0) is 31.5 Å². The number of nitrogens with two attached hydrogens (primary N) is 1. The molecule has 25 heavy (non-hydrogen) atoms. The lowest BCUT2D eigenvalue weighted by atomic mass is 10.2. The van der Waals surface area contributed by atoms with E-state index >= 15 is 0 Å². The fourth-order valence-corrected chi connectivity index (χ4v) is 1.96. The summed E-state index contributed by atoms with van der Waals surface area (Å²) in [4.78, 5) is 8.57. The Labute approximate surface area is 146 Å². The number of unbranched alkanes of at least 4 members (excludes halogenated alkanes) is 1. The summed E-state index contributed by atoms with van der Waals surface area (Å²) in [5.41, 5.74) is 6.50. The van der Waals surface area contributed by atoms with E-state index in [-0.39, 0.29) is 5.95 Å². The summed E-state index contributed by atoms with van der Waals surface area (Å²) in [6.07, 6.45) is 4.07. The number of nitrogens with one attached hydrogen (secondary N) is 2. The van der Waals surface area contributed by atoms with E-state index in [0.29, 0.717) is 30.0 Å². The Balaban J connectivity index is 2.20. The van der Waals surface area contributed by atoms with Crippen molar-refractivity contribution in [2.75, 3.05) is 23.7 Å². The van der Waals surface area contributed by atoms with Crippen LogP contribution in [0.5, 0.6) is 0 Å². The lowest BCUT2D eigenvalue weighted by Gasteiger charge is -2.10. The smallest absolute Gasteiger partial charge is 0.229 e. The number of hydrogen-bond donors (Lipinski definition) is 3. The molecule has 0 fully saturated rings. The normalized spacial score (nSPS) is 10.1. The van der Waals surface area contributed by atoms with E-state index in [4.69, 9.17) is 5.73 Å². The first kappa shape index (κ1) is 18.6. The van der Waals surface area contributed by atoms with Gasteiger partial charge in [0, 0.05) is 24.7 Å². The minimum atomic E-state index is -0.934. The number of hydrogen-bond acceptors (Lipinski definition) is 5. The molecule has 0 aliphatic rings. The van der Waals surface area contributed by atoms with Gasteiger partial charge in [-0.25, -0.2) is 13.8 Å². The first-order chi connectivity index (χ1) is 12.1. The van der Waals surface area contributed by atoms with Crippen LogP contribution in [0.3, 0.4) is 0 Å². The van der Waals surface area contributed by atoms with Gasteiger partial charge in [0.25, 0.3) is 0 Å². The van der Waals surface area contributed by atoms with Crippen LogP contribution >= 0.6 is 0 Å². The molecule has 132 valence electrons. The topological polar surface area (TPSA) is 75.9 Å². The van der Waals surface area contributed by atoms with Gasteiger partial charge >= 0.3 is 0 Å². The molecule has 0 aliphatic heterocycles. The second-order valence-corrected chi connectivity index (χ2v) is 5.33. The zero-order valence-electron chi connectivity index (χ0n) is 14.1. The molecule has 0 atom stereocenters. The lowest BCUT2D eigenvalue weighted by molar-refractivity contribution is 0.509. The summed E-state index contributed by atoms with van der Waals surface area (Å²) >= 11 is 0. The number of benzene rings is 1. The molecule has 0 radical (unpaired) electrons. The molecule has 0 unspecified atom stereocenters.